The topological polar surface area (TPSA) is 78.9 Å². The molecular formula is C12H15N3O. The molecule has 4 heteroatoms. The first-order chi connectivity index (χ1) is 7.72. The van der Waals surface area contributed by atoms with Gasteiger partial charge in [-0.05, 0) is 37.1 Å². The van der Waals surface area contributed by atoms with Crippen molar-refractivity contribution >= 4 is 5.91 Å². The van der Waals surface area contributed by atoms with Crippen LogP contribution in [0.2, 0.25) is 0 Å². The lowest BCUT2D eigenvalue weighted by molar-refractivity contribution is -0.117. The van der Waals surface area contributed by atoms with E-state index in [0.717, 1.165) is 24.9 Å². The van der Waals surface area contributed by atoms with E-state index in [1.807, 2.05) is 18.2 Å². The van der Waals surface area contributed by atoms with E-state index in [-0.39, 0.29) is 12.5 Å². The first-order valence-corrected chi connectivity index (χ1v) is 5.20. The number of aryl methyl sites for hydroxylation is 1. The second-order valence-electron chi connectivity index (χ2n) is 3.56. The number of carbonyl (C=O) groups excluding carboxylic acids is 1. The van der Waals surface area contributed by atoms with Gasteiger partial charge < -0.3 is 11.1 Å². The van der Waals surface area contributed by atoms with Gasteiger partial charge in [0.25, 0.3) is 0 Å². The molecule has 0 unspecified atom stereocenters. The maximum atomic E-state index is 10.4. The highest BCUT2D eigenvalue weighted by Gasteiger charge is 1.96. The minimum atomic E-state index is -0.341. The summed E-state index contributed by atoms with van der Waals surface area (Å²) in [5, 5.41) is 11.7. The zero-order valence-electron chi connectivity index (χ0n) is 9.07. The van der Waals surface area contributed by atoms with E-state index in [4.69, 9.17) is 11.0 Å². The molecule has 0 radical (unpaired) electrons. The predicted molar refractivity (Wildman–Crippen MR) is 61.5 cm³/mol. The second kappa shape index (κ2) is 6.59. The van der Waals surface area contributed by atoms with Gasteiger partial charge in [-0.15, -0.1) is 0 Å². The Morgan fingerprint density at radius 2 is 2.31 bits per heavy atom. The van der Waals surface area contributed by atoms with E-state index in [0.29, 0.717) is 5.56 Å². The zero-order valence-corrected chi connectivity index (χ0v) is 9.07. The summed E-state index contributed by atoms with van der Waals surface area (Å²) in [4.78, 5) is 10.4. The molecule has 4 nitrogen and oxygen atoms in total. The van der Waals surface area contributed by atoms with Gasteiger partial charge in [-0.25, -0.2) is 0 Å². The third-order valence-corrected chi connectivity index (χ3v) is 2.17. The van der Waals surface area contributed by atoms with Gasteiger partial charge in [0.05, 0.1) is 18.2 Å². The van der Waals surface area contributed by atoms with Crippen LogP contribution in [-0.4, -0.2) is 19.0 Å². The molecule has 1 aromatic carbocycles. The van der Waals surface area contributed by atoms with Crippen LogP contribution in [0.3, 0.4) is 0 Å². The highest BCUT2D eigenvalue weighted by atomic mass is 16.1. The Bertz CT molecular complexity index is 395. The van der Waals surface area contributed by atoms with Crippen LogP contribution in [0, 0.1) is 11.3 Å². The number of primary amides is 1. The third kappa shape index (κ3) is 4.58. The van der Waals surface area contributed by atoms with Crippen LogP contribution in [0.5, 0.6) is 0 Å². The fourth-order valence-corrected chi connectivity index (χ4v) is 1.43. The number of nitrogens with two attached hydrogens (primary N) is 1. The van der Waals surface area contributed by atoms with E-state index in [1.54, 1.807) is 6.07 Å². The number of nitrogens with zero attached hydrogens (tertiary/aromatic N) is 1. The summed E-state index contributed by atoms with van der Waals surface area (Å²) < 4.78 is 0. The van der Waals surface area contributed by atoms with Crippen LogP contribution in [0.1, 0.15) is 17.5 Å². The van der Waals surface area contributed by atoms with E-state index >= 15 is 0 Å². The minimum absolute atomic E-state index is 0.220. The van der Waals surface area contributed by atoms with Crippen LogP contribution in [-0.2, 0) is 11.2 Å². The van der Waals surface area contributed by atoms with Crippen molar-refractivity contribution in [3.8, 4) is 6.07 Å². The van der Waals surface area contributed by atoms with E-state index < -0.39 is 0 Å². The first kappa shape index (κ1) is 12.2. The van der Waals surface area contributed by atoms with Crippen molar-refractivity contribution in [1.82, 2.24) is 5.32 Å². The predicted octanol–water partition coefficient (Wildman–Crippen LogP) is 0.566. The maximum Gasteiger partial charge on any atom is 0.231 e. The number of carbonyl (C=O) groups is 1. The average Bonchev–Trinajstić information content (AvgIpc) is 2.28. The normalized spacial score (nSPS) is 9.69. The largest absolute Gasteiger partial charge is 0.369 e. The Balaban J connectivity index is 2.27. The molecule has 0 bridgehead atoms. The summed E-state index contributed by atoms with van der Waals surface area (Å²) in [6, 6.07) is 9.65. The fourth-order valence-electron chi connectivity index (χ4n) is 1.43. The molecule has 0 fully saturated rings. The number of rotatable bonds is 6. The summed E-state index contributed by atoms with van der Waals surface area (Å²) in [6.07, 6.45) is 1.81. The van der Waals surface area contributed by atoms with Crippen LogP contribution >= 0.6 is 0 Å². The highest BCUT2D eigenvalue weighted by molar-refractivity contribution is 5.75. The van der Waals surface area contributed by atoms with Crippen molar-refractivity contribution in [1.29, 1.82) is 5.26 Å². The molecule has 0 aliphatic heterocycles. The maximum absolute atomic E-state index is 10.4. The molecule has 1 aromatic rings. The summed E-state index contributed by atoms with van der Waals surface area (Å²) in [5.74, 6) is -0.341. The van der Waals surface area contributed by atoms with Gasteiger partial charge in [-0.3, -0.25) is 4.79 Å². The Labute approximate surface area is 95.1 Å². The first-order valence-electron chi connectivity index (χ1n) is 5.20. The molecule has 1 rings (SSSR count). The Morgan fingerprint density at radius 3 is 3.00 bits per heavy atom. The molecule has 0 aliphatic carbocycles. The Morgan fingerprint density at radius 1 is 1.50 bits per heavy atom. The van der Waals surface area contributed by atoms with Crippen LogP contribution in [0.4, 0.5) is 0 Å². The average molecular weight is 217 g/mol. The SMILES string of the molecule is N#Cc1cccc(CCCNCC(N)=O)c1. The lowest BCUT2D eigenvalue weighted by atomic mass is 10.1. The smallest absolute Gasteiger partial charge is 0.231 e. The molecular weight excluding hydrogens is 202 g/mol. The molecule has 0 spiro atoms. The van der Waals surface area contributed by atoms with Gasteiger partial charge >= 0.3 is 0 Å². The molecule has 0 aliphatic rings. The molecule has 0 aromatic heterocycles. The van der Waals surface area contributed by atoms with Crippen molar-refractivity contribution < 1.29 is 4.79 Å². The van der Waals surface area contributed by atoms with E-state index in [1.165, 1.54) is 0 Å². The number of nitrogens with one attached hydrogen (secondary N) is 1. The molecule has 16 heavy (non-hydrogen) atoms. The molecule has 0 saturated heterocycles. The summed E-state index contributed by atoms with van der Waals surface area (Å²) >= 11 is 0. The standard InChI is InChI=1S/C12H15N3O/c13-8-11-4-1-3-10(7-11)5-2-6-15-9-12(14)16/h1,3-4,7,15H,2,5-6,9H2,(H2,14,16). The second-order valence-corrected chi connectivity index (χ2v) is 3.56. The lowest BCUT2D eigenvalue weighted by Gasteiger charge is -2.03. The van der Waals surface area contributed by atoms with Gasteiger partial charge in [0.15, 0.2) is 0 Å². The molecule has 0 atom stereocenters. The molecule has 84 valence electrons. The monoisotopic (exact) mass is 217 g/mol. The summed E-state index contributed by atoms with van der Waals surface area (Å²) in [7, 11) is 0. The summed E-state index contributed by atoms with van der Waals surface area (Å²) in [5.41, 5.74) is 6.81. The van der Waals surface area contributed by atoms with Gasteiger partial charge in [-0.2, -0.15) is 5.26 Å². The van der Waals surface area contributed by atoms with Gasteiger partial charge in [-0.1, -0.05) is 12.1 Å². The van der Waals surface area contributed by atoms with Crippen molar-refractivity contribution in [3.63, 3.8) is 0 Å². The van der Waals surface area contributed by atoms with Crippen molar-refractivity contribution in [2.75, 3.05) is 13.1 Å². The minimum Gasteiger partial charge on any atom is -0.369 e. The highest BCUT2D eigenvalue weighted by Crippen LogP contribution is 2.06. The number of hydrogen-bond acceptors (Lipinski definition) is 3. The molecule has 3 N–H and O–H groups in total. The fraction of sp³-hybridized carbons (Fsp3) is 0.333. The Kier molecular flexibility index (Phi) is 5.03. The molecule has 1 amide bonds. The van der Waals surface area contributed by atoms with Crippen LogP contribution in [0.25, 0.3) is 0 Å². The van der Waals surface area contributed by atoms with Crippen molar-refractivity contribution in [2.24, 2.45) is 5.73 Å². The number of amides is 1. The van der Waals surface area contributed by atoms with Crippen molar-refractivity contribution in [2.45, 2.75) is 12.8 Å². The van der Waals surface area contributed by atoms with E-state index in [9.17, 15) is 4.79 Å². The molecule has 0 heterocycles. The van der Waals surface area contributed by atoms with Gasteiger partial charge in [0.2, 0.25) is 5.91 Å². The van der Waals surface area contributed by atoms with Crippen LogP contribution < -0.4 is 11.1 Å². The number of hydrogen-bond donors (Lipinski definition) is 2. The lowest BCUT2D eigenvalue weighted by Crippen LogP contribution is -2.29. The summed E-state index contributed by atoms with van der Waals surface area (Å²) in [6.45, 7) is 0.970. The molecule has 0 saturated carbocycles. The van der Waals surface area contributed by atoms with Gasteiger partial charge in [0, 0.05) is 0 Å². The zero-order chi connectivity index (χ0) is 11.8. The van der Waals surface area contributed by atoms with Crippen molar-refractivity contribution in [3.05, 3.63) is 35.4 Å². The number of nitriles is 1. The Hall–Kier alpha value is -1.86. The van der Waals surface area contributed by atoms with E-state index in [2.05, 4.69) is 11.4 Å². The van der Waals surface area contributed by atoms with Crippen LogP contribution in [0.15, 0.2) is 24.3 Å². The number of benzene rings is 1. The third-order valence-electron chi connectivity index (χ3n) is 2.17. The quantitative estimate of drug-likeness (QED) is 0.683. The van der Waals surface area contributed by atoms with Gasteiger partial charge in [0.1, 0.15) is 0 Å².